The van der Waals surface area contributed by atoms with Crippen molar-refractivity contribution >= 4 is 29.0 Å². The average molecular weight is 352 g/mol. The van der Waals surface area contributed by atoms with Gasteiger partial charge in [0.1, 0.15) is 13.1 Å². The lowest BCUT2D eigenvalue weighted by atomic mass is 10.2. The Balaban J connectivity index is 2.43. The van der Waals surface area contributed by atoms with Crippen molar-refractivity contribution in [2.75, 3.05) is 13.7 Å². The van der Waals surface area contributed by atoms with Gasteiger partial charge in [-0.05, 0) is 12.1 Å². The van der Waals surface area contributed by atoms with Crippen molar-refractivity contribution in [3.63, 3.8) is 0 Å². The van der Waals surface area contributed by atoms with Gasteiger partial charge in [0, 0.05) is 0 Å². The summed E-state index contributed by atoms with van der Waals surface area (Å²) >= 11 is 0. The first-order valence-electron chi connectivity index (χ1n) is 6.74. The molecule has 0 saturated carbocycles. The first kappa shape index (κ1) is 17.7. The largest absolute Gasteiger partial charge is 0.513 e. The standard InChI is InChI=1S/C14H12N2O9/c1-23-14(22)24-8-4-2-3-7-11(8)25-13(21)16(12(7)20)6-9(17)15-5-10(18)19/h2-4H,5-6H2,1H3,(H,15,17)(H,18,19). The van der Waals surface area contributed by atoms with E-state index in [0.717, 1.165) is 7.11 Å². The predicted molar refractivity (Wildman–Crippen MR) is 80.4 cm³/mol. The fourth-order valence-corrected chi connectivity index (χ4v) is 1.88. The fraction of sp³-hybridized carbons (Fsp3) is 0.214. The number of hydrogen-bond donors (Lipinski definition) is 2. The molecule has 0 bridgehead atoms. The van der Waals surface area contributed by atoms with Gasteiger partial charge < -0.3 is 24.3 Å². The quantitative estimate of drug-likeness (QED) is 0.525. The second-order valence-electron chi connectivity index (χ2n) is 4.62. The number of carboxylic acid groups (broad SMARTS) is 1. The SMILES string of the molecule is COC(=O)Oc1cccc2c(=O)n(CC(=O)NCC(=O)O)c(=O)oc12. The van der Waals surface area contributed by atoms with Crippen molar-refractivity contribution in [1.29, 1.82) is 0 Å². The lowest BCUT2D eigenvalue weighted by Crippen LogP contribution is -2.40. The van der Waals surface area contributed by atoms with Crippen molar-refractivity contribution < 1.29 is 33.4 Å². The molecule has 0 aliphatic heterocycles. The van der Waals surface area contributed by atoms with E-state index in [1.165, 1.54) is 18.2 Å². The van der Waals surface area contributed by atoms with Crippen LogP contribution in [0.5, 0.6) is 5.75 Å². The van der Waals surface area contributed by atoms with Gasteiger partial charge in [-0.15, -0.1) is 0 Å². The molecule has 132 valence electrons. The van der Waals surface area contributed by atoms with Crippen LogP contribution in [0.2, 0.25) is 0 Å². The van der Waals surface area contributed by atoms with Crippen LogP contribution in [0.1, 0.15) is 0 Å². The normalized spacial score (nSPS) is 10.3. The Kier molecular flexibility index (Phi) is 5.17. The highest BCUT2D eigenvalue weighted by Gasteiger charge is 2.17. The number of carbonyl (C=O) groups is 3. The molecule has 0 radical (unpaired) electrons. The Hall–Kier alpha value is -3.63. The van der Waals surface area contributed by atoms with E-state index < -0.39 is 42.4 Å². The molecule has 0 fully saturated rings. The zero-order chi connectivity index (χ0) is 18.6. The minimum absolute atomic E-state index is 0.118. The number of benzene rings is 1. The number of amides is 1. The van der Waals surface area contributed by atoms with Gasteiger partial charge >= 0.3 is 17.9 Å². The highest BCUT2D eigenvalue weighted by Crippen LogP contribution is 2.22. The van der Waals surface area contributed by atoms with Crippen molar-refractivity contribution in [3.05, 3.63) is 39.1 Å². The molecule has 0 saturated heterocycles. The van der Waals surface area contributed by atoms with Crippen LogP contribution >= 0.6 is 0 Å². The van der Waals surface area contributed by atoms with Crippen LogP contribution in [0.3, 0.4) is 0 Å². The van der Waals surface area contributed by atoms with Gasteiger partial charge in [-0.25, -0.2) is 14.2 Å². The number of methoxy groups -OCH3 is 1. The summed E-state index contributed by atoms with van der Waals surface area (Å²) in [7, 11) is 1.08. The molecule has 2 N–H and O–H groups in total. The molecule has 0 atom stereocenters. The molecule has 1 amide bonds. The minimum atomic E-state index is -1.28. The van der Waals surface area contributed by atoms with Crippen LogP contribution < -0.4 is 21.4 Å². The zero-order valence-electron chi connectivity index (χ0n) is 12.8. The van der Waals surface area contributed by atoms with Crippen LogP contribution in [0.15, 0.2) is 32.2 Å². The summed E-state index contributed by atoms with van der Waals surface area (Å²) < 4.78 is 14.5. The third-order valence-corrected chi connectivity index (χ3v) is 2.96. The average Bonchev–Trinajstić information content (AvgIpc) is 2.57. The molecule has 0 aliphatic rings. The van der Waals surface area contributed by atoms with Gasteiger partial charge in [-0.2, -0.15) is 0 Å². The maximum absolute atomic E-state index is 12.4. The lowest BCUT2D eigenvalue weighted by molar-refractivity contribution is -0.138. The zero-order valence-corrected chi connectivity index (χ0v) is 12.8. The maximum atomic E-state index is 12.4. The number of rotatable bonds is 5. The smallest absolute Gasteiger partial charge is 0.480 e. The van der Waals surface area contributed by atoms with E-state index in [1.54, 1.807) is 0 Å². The van der Waals surface area contributed by atoms with Crippen molar-refractivity contribution in [2.24, 2.45) is 0 Å². The number of carbonyl (C=O) groups excluding carboxylic acids is 2. The predicted octanol–water partition coefficient (Wildman–Crippen LogP) is -0.699. The molecule has 25 heavy (non-hydrogen) atoms. The number of nitrogens with zero attached hydrogens (tertiary/aromatic N) is 1. The minimum Gasteiger partial charge on any atom is -0.480 e. The molecule has 0 spiro atoms. The van der Waals surface area contributed by atoms with E-state index in [-0.39, 0.29) is 16.7 Å². The van der Waals surface area contributed by atoms with Crippen LogP contribution in [0.4, 0.5) is 4.79 Å². The highest BCUT2D eigenvalue weighted by atomic mass is 16.7. The molecule has 0 unspecified atom stereocenters. The first-order valence-corrected chi connectivity index (χ1v) is 6.74. The van der Waals surface area contributed by atoms with Crippen molar-refractivity contribution in [3.8, 4) is 5.75 Å². The molecule has 11 nitrogen and oxygen atoms in total. The second-order valence-corrected chi connectivity index (χ2v) is 4.62. The third-order valence-electron chi connectivity index (χ3n) is 2.96. The molecular weight excluding hydrogens is 340 g/mol. The van der Waals surface area contributed by atoms with Crippen molar-refractivity contribution in [1.82, 2.24) is 9.88 Å². The number of aliphatic carboxylic acids is 1. The van der Waals surface area contributed by atoms with Crippen LogP contribution in [0, 0.1) is 0 Å². The summed E-state index contributed by atoms with van der Waals surface area (Å²) in [6.45, 7) is -1.39. The number of carboxylic acids is 1. The topological polar surface area (TPSA) is 154 Å². The Labute approximate surface area is 138 Å². The number of hydrogen-bond acceptors (Lipinski definition) is 8. The molecule has 11 heteroatoms. The Morgan fingerprint density at radius 2 is 2.00 bits per heavy atom. The second kappa shape index (κ2) is 7.29. The van der Waals surface area contributed by atoms with E-state index in [4.69, 9.17) is 14.3 Å². The Morgan fingerprint density at radius 3 is 2.64 bits per heavy atom. The van der Waals surface area contributed by atoms with Gasteiger partial charge in [0.2, 0.25) is 5.91 Å². The van der Waals surface area contributed by atoms with Gasteiger partial charge in [-0.3, -0.25) is 14.4 Å². The number of para-hydroxylation sites is 1. The van der Waals surface area contributed by atoms with Gasteiger partial charge in [0.15, 0.2) is 11.3 Å². The Morgan fingerprint density at radius 1 is 1.28 bits per heavy atom. The van der Waals surface area contributed by atoms with Crippen LogP contribution in [-0.4, -0.2) is 41.4 Å². The molecular formula is C14H12N2O9. The molecule has 1 aromatic heterocycles. The summed E-state index contributed by atoms with van der Waals surface area (Å²) in [5.41, 5.74) is -1.16. The number of aromatic nitrogens is 1. The molecule has 2 rings (SSSR count). The molecule has 1 aromatic carbocycles. The molecule has 1 heterocycles. The monoisotopic (exact) mass is 352 g/mol. The number of nitrogens with one attached hydrogen (secondary N) is 1. The number of ether oxygens (including phenoxy) is 2. The summed E-state index contributed by atoms with van der Waals surface area (Å²) in [4.78, 5) is 57.5. The van der Waals surface area contributed by atoms with E-state index >= 15 is 0 Å². The van der Waals surface area contributed by atoms with Crippen LogP contribution in [-0.2, 0) is 20.9 Å². The van der Waals surface area contributed by atoms with E-state index in [0.29, 0.717) is 4.57 Å². The molecule has 0 aliphatic carbocycles. The lowest BCUT2D eigenvalue weighted by Gasteiger charge is -2.08. The summed E-state index contributed by atoms with van der Waals surface area (Å²) in [6, 6.07) is 3.96. The van der Waals surface area contributed by atoms with E-state index in [9.17, 15) is 24.0 Å². The van der Waals surface area contributed by atoms with E-state index in [2.05, 4.69) is 4.74 Å². The van der Waals surface area contributed by atoms with Gasteiger partial charge in [-0.1, -0.05) is 6.07 Å². The van der Waals surface area contributed by atoms with Gasteiger partial charge in [0.25, 0.3) is 5.56 Å². The maximum Gasteiger partial charge on any atom is 0.513 e. The molecule has 2 aromatic rings. The summed E-state index contributed by atoms with van der Waals surface area (Å²) in [5.74, 6) is -3.53. The van der Waals surface area contributed by atoms with Gasteiger partial charge in [0.05, 0.1) is 12.5 Å². The fourth-order valence-electron chi connectivity index (χ4n) is 1.88. The highest BCUT2D eigenvalue weighted by molar-refractivity contribution is 5.84. The third kappa shape index (κ3) is 4.02. The van der Waals surface area contributed by atoms with Crippen molar-refractivity contribution in [2.45, 2.75) is 6.54 Å². The number of fused-ring (bicyclic) bond motifs is 1. The Bertz CT molecular complexity index is 957. The summed E-state index contributed by atoms with van der Waals surface area (Å²) in [6.07, 6.45) is -1.08. The van der Waals surface area contributed by atoms with E-state index in [1.807, 2.05) is 5.32 Å². The summed E-state index contributed by atoms with van der Waals surface area (Å²) in [5, 5.41) is 10.4. The first-order chi connectivity index (χ1) is 11.8. The van der Waals surface area contributed by atoms with Crippen LogP contribution in [0.25, 0.3) is 11.0 Å².